The Kier molecular flexibility index (Phi) is 2.56. The molecule has 3 rings (SSSR count). The Labute approximate surface area is 105 Å². The predicted octanol–water partition coefficient (Wildman–Crippen LogP) is 4.35. The molecule has 2 aromatic carbocycles. The number of pyridine rings is 1. The molecule has 88 valence electrons. The van der Waals surface area contributed by atoms with Crippen molar-refractivity contribution in [3.8, 4) is 11.1 Å². The number of benzene rings is 2. The van der Waals surface area contributed by atoms with Crippen molar-refractivity contribution in [2.75, 3.05) is 0 Å². The summed E-state index contributed by atoms with van der Waals surface area (Å²) in [5.74, 6) is -0.195. The third-order valence-electron chi connectivity index (χ3n) is 3.06. The Balaban J connectivity index is 2.36. The van der Waals surface area contributed by atoms with Crippen LogP contribution in [0.1, 0.15) is 5.69 Å². The molecule has 0 radical (unpaired) electrons. The molecule has 0 saturated heterocycles. The Morgan fingerprint density at radius 1 is 0.944 bits per heavy atom. The first-order valence-electron chi connectivity index (χ1n) is 5.86. The molecule has 0 amide bonds. The van der Waals surface area contributed by atoms with Gasteiger partial charge in [-0.1, -0.05) is 36.4 Å². The van der Waals surface area contributed by atoms with Crippen LogP contribution in [-0.2, 0) is 0 Å². The summed E-state index contributed by atoms with van der Waals surface area (Å²) in [5, 5.41) is 2.07. The zero-order valence-corrected chi connectivity index (χ0v) is 10.0. The van der Waals surface area contributed by atoms with E-state index in [4.69, 9.17) is 0 Å². The summed E-state index contributed by atoms with van der Waals surface area (Å²) in [4.78, 5) is 4.27. The van der Waals surface area contributed by atoms with Gasteiger partial charge in [-0.25, -0.2) is 4.39 Å². The Bertz CT molecular complexity index is 719. The monoisotopic (exact) mass is 237 g/mol. The number of fused-ring (bicyclic) bond motifs is 1. The highest BCUT2D eigenvalue weighted by molar-refractivity contribution is 5.96. The van der Waals surface area contributed by atoms with Crippen molar-refractivity contribution in [3.05, 3.63) is 66.2 Å². The molecule has 0 fully saturated rings. The van der Waals surface area contributed by atoms with Gasteiger partial charge in [0.25, 0.3) is 0 Å². The Morgan fingerprint density at radius 2 is 1.72 bits per heavy atom. The second kappa shape index (κ2) is 4.22. The molecule has 0 atom stereocenters. The van der Waals surface area contributed by atoms with Crippen molar-refractivity contribution in [1.82, 2.24) is 4.98 Å². The van der Waals surface area contributed by atoms with Crippen LogP contribution in [0.4, 0.5) is 4.39 Å². The maximum Gasteiger partial charge on any atom is 0.131 e. The van der Waals surface area contributed by atoms with E-state index in [2.05, 4.69) is 4.98 Å². The highest BCUT2D eigenvalue weighted by Gasteiger charge is 2.08. The molecular formula is C16H12FN. The number of nitrogens with zero attached hydrogens (tertiary/aromatic N) is 1. The molecule has 2 heteroatoms. The molecule has 0 N–H and O–H groups in total. The zero-order valence-electron chi connectivity index (χ0n) is 10.0. The van der Waals surface area contributed by atoms with E-state index in [9.17, 15) is 4.39 Å². The van der Waals surface area contributed by atoms with Gasteiger partial charge in [-0.05, 0) is 30.0 Å². The van der Waals surface area contributed by atoms with E-state index < -0.39 is 0 Å². The summed E-state index contributed by atoms with van der Waals surface area (Å²) < 4.78 is 13.9. The number of rotatable bonds is 1. The maximum atomic E-state index is 13.9. The molecule has 0 spiro atoms. The van der Waals surface area contributed by atoms with Crippen LogP contribution < -0.4 is 0 Å². The van der Waals surface area contributed by atoms with Crippen molar-refractivity contribution in [2.24, 2.45) is 0 Å². The van der Waals surface area contributed by atoms with E-state index in [1.165, 1.54) is 6.07 Å². The third kappa shape index (κ3) is 1.76. The number of hydrogen-bond acceptors (Lipinski definition) is 1. The molecule has 0 aliphatic carbocycles. The van der Waals surface area contributed by atoms with Crippen LogP contribution in [0, 0.1) is 12.7 Å². The van der Waals surface area contributed by atoms with Crippen molar-refractivity contribution in [3.63, 3.8) is 0 Å². The fourth-order valence-electron chi connectivity index (χ4n) is 2.19. The lowest BCUT2D eigenvalue weighted by Gasteiger charge is -2.08. The van der Waals surface area contributed by atoms with Crippen molar-refractivity contribution in [1.29, 1.82) is 0 Å². The van der Waals surface area contributed by atoms with E-state index >= 15 is 0 Å². The quantitative estimate of drug-likeness (QED) is 0.613. The normalized spacial score (nSPS) is 10.8. The summed E-state index contributed by atoms with van der Waals surface area (Å²) in [6, 6.07) is 14.7. The van der Waals surface area contributed by atoms with E-state index in [-0.39, 0.29) is 5.82 Å². The van der Waals surface area contributed by atoms with Gasteiger partial charge < -0.3 is 0 Å². The van der Waals surface area contributed by atoms with Crippen LogP contribution in [0.2, 0.25) is 0 Å². The lowest BCUT2D eigenvalue weighted by atomic mass is 9.98. The summed E-state index contributed by atoms with van der Waals surface area (Å²) >= 11 is 0. The average Bonchev–Trinajstić information content (AvgIpc) is 2.39. The lowest BCUT2D eigenvalue weighted by Crippen LogP contribution is -1.88. The molecule has 18 heavy (non-hydrogen) atoms. The molecule has 0 aliphatic heterocycles. The summed E-state index contributed by atoms with van der Waals surface area (Å²) in [6.07, 6.45) is 1.83. The van der Waals surface area contributed by atoms with Crippen LogP contribution in [0.15, 0.2) is 54.7 Å². The highest BCUT2D eigenvalue weighted by atomic mass is 19.1. The first kappa shape index (κ1) is 10.9. The van der Waals surface area contributed by atoms with Crippen molar-refractivity contribution < 1.29 is 4.39 Å². The van der Waals surface area contributed by atoms with Gasteiger partial charge in [0.1, 0.15) is 5.82 Å². The van der Waals surface area contributed by atoms with Gasteiger partial charge in [0, 0.05) is 22.8 Å². The van der Waals surface area contributed by atoms with Crippen molar-refractivity contribution in [2.45, 2.75) is 6.92 Å². The van der Waals surface area contributed by atoms with Gasteiger partial charge in [0.2, 0.25) is 0 Å². The van der Waals surface area contributed by atoms with E-state index in [1.807, 2.05) is 43.5 Å². The average molecular weight is 237 g/mol. The Hall–Kier alpha value is -2.22. The lowest BCUT2D eigenvalue weighted by molar-refractivity contribution is 0.631. The fourth-order valence-corrected chi connectivity index (χ4v) is 2.19. The molecule has 1 heterocycles. The number of halogens is 1. The standard InChI is InChI=1S/C16H12FN/c1-11-9-15-12(10-18-11)5-4-7-13(15)14-6-2-3-8-16(14)17/h2-10H,1H3. The zero-order chi connectivity index (χ0) is 12.5. The van der Waals surface area contributed by atoms with Gasteiger partial charge in [-0.3, -0.25) is 4.98 Å². The van der Waals surface area contributed by atoms with Gasteiger partial charge in [0.05, 0.1) is 0 Å². The maximum absolute atomic E-state index is 13.9. The largest absolute Gasteiger partial charge is 0.261 e. The van der Waals surface area contributed by atoms with E-state index in [0.717, 1.165) is 22.0 Å². The Morgan fingerprint density at radius 3 is 2.56 bits per heavy atom. The minimum atomic E-state index is -0.195. The molecule has 0 aliphatic rings. The second-order valence-corrected chi connectivity index (χ2v) is 4.33. The molecule has 3 aromatic rings. The van der Waals surface area contributed by atoms with Gasteiger partial charge in [-0.15, -0.1) is 0 Å². The van der Waals surface area contributed by atoms with Crippen LogP contribution in [0.25, 0.3) is 21.9 Å². The SMILES string of the molecule is Cc1cc2c(-c3ccccc3F)cccc2cn1. The molecular weight excluding hydrogens is 225 g/mol. The van der Waals surface area contributed by atoms with Crippen molar-refractivity contribution >= 4 is 10.8 Å². The molecule has 1 nitrogen and oxygen atoms in total. The number of hydrogen-bond donors (Lipinski definition) is 0. The first-order chi connectivity index (χ1) is 8.75. The molecule has 1 aromatic heterocycles. The van der Waals surface area contributed by atoms with Crippen LogP contribution >= 0.6 is 0 Å². The van der Waals surface area contributed by atoms with Crippen LogP contribution in [0.5, 0.6) is 0 Å². The third-order valence-corrected chi connectivity index (χ3v) is 3.06. The van der Waals surface area contributed by atoms with Crippen LogP contribution in [0.3, 0.4) is 0 Å². The summed E-state index contributed by atoms with van der Waals surface area (Å²) in [5.41, 5.74) is 2.48. The highest BCUT2D eigenvalue weighted by Crippen LogP contribution is 2.30. The van der Waals surface area contributed by atoms with Gasteiger partial charge in [0.15, 0.2) is 0 Å². The summed E-state index contributed by atoms with van der Waals surface area (Å²) in [6.45, 7) is 1.94. The number of aryl methyl sites for hydroxylation is 1. The topological polar surface area (TPSA) is 12.9 Å². The van der Waals surface area contributed by atoms with Gasteiger partial charge >= 0.3 is 0 Å². The predicted molar refractivity (Wildman–Crippen MR) is 71.9 cm³/mol. The molecule has 0 bridgehead atoms. The first-order valence-corrected chi connectivity index (χ1v) is 5.86. The second-order valence-electron chi connectivity index (χ2n) is 4.33. The molecule has 0 unspecified atom stereocenters. The smallest absolute Gasteiger partial charge is 0.131 e. The fraction of sp³-hybridized carbons (Fsp3) is 0.0625. The van der Waals surface area contributed by atoms with Gasteiger partial charge in [-0.2, -0.15) is 0 Å². The van der Waals surface area contributed by atoms with E-state index in [1.54, 1.807) is 12.1 Å². The summed E-state index contributed by atoms with van der Waals surface area (Å²) in [7, 11) is 0. The minimum Gasteiger partial charge on any atom is -0.261 e. The van der Waals surface area contributed by atoms with E-state index in [0.29, 0.717) is 5.56 Å². The minimum absolute atomic E-state index is 0.195. The number of aromatic nitrogens is 1. The van der Waals surface area contributed by atoms with Crippen LogP contribution in [-0.4, -0.2) is 4.98 Å². The molecule has 0 saturated carbocycles.